The molecule has 0 aliphatic carbocycles. The molecule has 2 aromatic carbocycles. The smallest absolute Gasteiger partial charge is 0.243 e. The van der Waals surface area contributed by atoms with Gasteiger partial charge in [0.05, 0.1) is 17.5 Å². The second-order valence-electron chi connectivity index (χ2n) is 7.98. The van der Waals surface area contributed by atoms with Crippen molar-refractivity contribution in [1.29, 1.82) is 0 Å². The van der Waals surface area contributed by atoms with Crippen LogP contribution in [0.15, 0.2) is 53.4 Å². The van der Waals surface area contributed by atoms with Crippen LogP contribution in [0.3, 0.4) is 0 Å². The van der Waals surface area contributed by atoms with E-state index in [0.717, 1.165) is 24.0 Å². The molecule has 1 unspecified atom stereocenters. The summed E-state index contributed by atoms with van der Waals surface area (Å²) in [5, 5.41) is 2.76. The average Bonchev–Trinajstić information content (AvgIpc) is 3.29. The van der Waals surface area contributed by atoms with E-state index in [1.54, 1.807) is 17.0 Å². The van der Waals surface area contributed by atoms with E-state index in [9.17, 15) is 18.0 Å². The third kappa shape index (κ3) is 4.63. The molecule has 3 N–H and O–H groups in total. The van der Waals surface area contributed by atoms with Gasteiger partial charge in [0.15, 0.2) is 0 Å². The standard InChI is InChI=1S/C22H26N4O4S/c23-22(28)20-12-16-6-1-2-7-17(16)14-25(20)15-21(27)24-18-8-5-9-19(13-18)31(29,30)26-10-3-4-11-26/h1-2,5-9,13,20H,3-4,10-12,14-15H2,(H2,23,28)(H,24,27). The van der Waals surface area contributed by atoms with Crippen LogP contribution in [0.1, 0.15) is 24.0 Å². The number of fused-ring (bicyclic) bond motifs is 1. The lowest BCUT2D eigenvalue weighted by molar-refractivity contribution is -0.125. The summed E-state index contributed by atoms with van der Waals surface area (Å²) in [7, 11) is -3.57. The third-order valence-electron chi connectivity index (χ3n) is 5.84. The normalized spacial score (nSPS) is 19.7. The summed E-state index contributed by atoms with van der Waals surface area (Å²) >= 11 is 0. The first-order valence-electron chi connectivity index (χ1n) is 10.3. The van der Waals surface area contributed by atoms with Crippen molar-refractivity contribution < 1.29 is 18.0 Å². The first-order valence-corrected chi connectivity index (χ1v) is 11.8. The van der Waals surface area contributed by atoms with E-state index < -0.39 is 22.0 Å². The molecule has 0 spiro atoms. The number of sulfonamides is 1. The molecule has 0 aromatic heterocycles. The summed E-state index contributed by atoms with van der Waals surface area (Å²) in [6, 6.07) is 13.5. The van der Waals surface area contributed by atoms with Gasteiger partial charge in [0, 0.05) is 25.3 Å². The number of nitrogens with two attached hydrogens (primary N) is 1. The van der Waals surface area contributed by atoms with Crippen molar-refractivity contribution in [3.8, 4) is 0 Å². The molecule has 164 valence electrons. The van der Waals surface area contributed by atoms with Crippen molar-refractivity contribution in [2.75, 3.05) is 25.0 Å². The fourth-order valence-corrected chi connectivity index (χ4v) is 5.78. The first-order chi connectivity index (χ1) is 14.8. The Bertz CT molecular complexity index is 1100. The fourth-order valence-electron chi connectivity index (χ4n) is 4.22. The molecule has 0 bridgehead atoms. The van der Waals surface area contributed by atoms with Gasteiger partial charge in [-0.15, -0.1) is 0 Å². The van der Waals surface area contributed by atoms with Gasteiger partial charge in [-0.1, -0.05) is 30.3 Å². The highest BCUT2D eigenvalue weighted by Crippen LogP contribution is 2.25. The maximum Gasteiger partial charge on any atom is 0.243 e. The highest BCUT2D eigenvalue weighted by Gasteiger charge is 2.31. The Morgan fingerprint density at radius 3 is 2.45 bits per heavy atom. The Kier molecular flexibility index (Phi) is 6.08. The zero-order valence-electron chi connectivity index (χ0n) is 17.2. The maximum atomic E-state index is 12.8. The van der Waals surface area contributed by atoms with Crippen LogP contribution >= 0.6 is 0 Å². The van der Waals surface area contributed by atoms with Crippen LogP contribution in [0.25, 0.3) is 0 Å². The summed E-state index contributed by atoms with van der Waals surface area (Å²) in [5.74, 6) is -0.803. The topological polar surface area (TPSA) is 113 Å². The molecule has 2 aliphatic heterocycles. The second-order valence-corrected chi connectivity index (χ2v) is 9.92. The lowest BCUT2D eigenvalue weighted by Crippen LogP contribution is -2.50. The van der Waals surface area contributed by atoms with E-state index in [4.69, 9.17) is 5.73 Å². The van der Waals surface area contributed by atoms with E-state index in [1.807, 2.05) is 24.3 Å². The molecule has 2 amide bonds. The van der Waals surface area contributed by atoms with Crippen molar-refractivity contribution in [3.05, 3.63) is 59.7 Å². The summed E-state index contributed by atoms with van der Waals surface area (Å²) < 4.78 is 27.0. The lowest BCUT2D eigenvalue weighted by Gasteiger charge is -2.34. The number of nitrogens with one attached hydrogen (secondary N) is 1. The summed E-state index contributed by atoms with van der Waals surface area (Å²) in [6.45, 7) is 1.46. The maximum absolute atomic E-state index is 12.8. The van der Waals surface area contributed by atoms with Crippen molar-refractivity contribution >= 4 is 27.5 Å². The lowest BCUT2D eigenvalue weighted by atomic mass is 9.93. The molecule has 2 aliphatic rings. The Balaban J connectivity index is 1.47. The molecule has 2 aromatic rings. The monoisotopic (exact) mass is 442 g/mol. The van der Waals surface area contributed by atoms with Crippen LogP contribution in [0.5, 0.6) is 0 Å². The molecular formula is C22H26N4O4S. The van der Waals surface area contributed by atoms with Crippen LogP contribution in [0.4, 0.5) is 5.69 Å². The number of anilines is 1. The van der Waals surface area contributed by atoms with E-state index >= 15 is 0 Å². The summed E-state index contributed by atoms with van der Waals surface area (Å²) in [6.07, 6.45) is 2.17. The Morgan fingerprint density at radius 1 is 1.03 bits per heavy atom. The van der Waals surface area contributed by atoms with Gasteiger partial charge in [-0.2, -0.15) is 4.31 Å². The molecule has 1 atom stereocenters. The number of benzene rings is 2. The van der Waals surface area contributed by atoms with E-state index in [-0.39, 0.29) is 17.3 Å². The van der Waals surface area contributed by atoms with Gasteiger partial charge in [-0.25, -0.2) is 8.42 Å². The highest BCUT2D eigenvalue weighted by molar-refractivity contribution is 7.89. The zero-order valence-corrected chi connectivity index (χ0v) is 18.0. The molecule has 2 heterocycles. The van der Waals surface area contributed by atoms with Crippen LogP contribution in [0, 0.1) is 0 Å². The minimum absolute atomic E-state index is 0.0228. The molecule has 9 heteroatoms. The van der Waals surface area contributed by atoms with Crippen molar-refractivity contribution in [3.63, 3.8) is 0 Å². The Hall–Kier alpha value is -2.75. The number of amides is 2. The van der Waals surface area contributed by atoms with Crippen LogP contribution in [0.2, 0.25) is 0 Å². The highest BCUT2D eigenvalue weighted by atomic mass is 32.2. The quantitative estimate of drug-likeness (QED) is 0.701. The van der Waals surface area contributed by atoms with Crippen LogP contribution in [-0.2, 0) is 32.6 Å². The molecule has 4 rings (SSSR count). The molecular weight excluding hydrogens is 416 g/mol. The molecule has 31 heavy (non-hydrogen) atoms. The van der Waals surface area contributed by atoms with Gasteiger partial charge in [-0.3, -0.25) is 14.5 Å². The number of carbonyl (C=O) groups excluding carboxylic acids is 2. The predicted octanol–water partition coefficient (Wildman–Crippen LogP) is 1.32. The largest absolute Gasteiger partial charge is 0.368 e. The Morgan fingerprint density at radius 2 is 1.74 bits per heavy atom. The molecule has 1 fully saturated rings. The minimum atomic E-state index is -3.57. The molecule has 8 nitrogen and oxygen atoms in total. The van der Waals surface area contributed by atoms with Crippen LogP contribution in [-0.4, -0.2) is 55.1 Å². The number of primary amides is 1. The van der Waals surface area contributed by atoms with Crippen molar-refractivity contribution in [2.45, 2.75) is 36.7 Å². The van der Waals surface area contributed by atoms with Gasteiger partial charge in [0.25, 0.3) is 0 Å². The van der Waals surface area contributed by atoms with E-state index in [1.165, 1.54) is 16.4 Å². The minimum Gasteiger partial charge on any atom is -0.368 e. The van der Waals surface area contributed by atoms with Gasteiger partial charge in [-0.05, 0) is 48.6 Å². The first kappa shape index (κ1) is 21.5. The SMILES string of the molecule is NC(=O)C1Cc2ccccc2CN1CC(=O)Nc1cccc(S(=O)(=O)N2CCCC2)c1. The van der Waals surface area contributed by atoms with Crippen molar-refractivity contribution in [1.82, 2.24) is 9.21 Å². The number of carbonyl (C=O) groups is 2. The van der Waals surface area contributed by atoms with Crippen molar-refractivity contribution in [2.24, 2.45) is 5.73 Å². The van der Waals surface area contributed by atoms with E-state index in [2.05, 4.69) is 5.32 Å². The average molecular weight is 443 g/mol. The molecule has 0 saturated carbocycles. The number of hydrogen-bond donors (Lipinski definition) is 2. The molecule has 1 saturated heterocycles. The predicted molar refractivity (Wildman–Crippen MR) is 117 cm³/mol. The number of nitrogens with zero attached hydrogens (tertiary/aromatic N) is 2. The van der Waals surface area contributed by atoms with Gasteiger partial charge < -0.3 is 11.1 Å². The second kappa shape index (κ2) is 8.78. The third-order valence-corrected chi connectivity index (χ3v) is 7.74. The van der Waals surface area contributed by atoms with Gasteiger partial charge in [0.2, 0.25) is 21.8 Å². The zero-order chi connectivity index (χ0) is 22.0. The summed E-state index contributed by atoms with van der Waals surface area (Å²) in [4.78, 5) is 26.6. The van der Waals surface area contributed by atoms with E-state index in [0.29, 0.717) is 31.7 Å². The number of hydrogen-bond acceptors (Lipinski definition) is 5. The van der Waals surface area contributed by atoms with Gasteiger partial charge in [0.1, 0.15) is 0 Å². The van der Waals surface area contributed by atoms with Gasteiger partial charge >= 0.3 is 0 Å². The molecule has 0 radical (unpaired) electrons. The summed E-state index contributed by atoms with van der Waals surface area (Å²) in [5.41, 5.74) is 8.11. The fraction of sp³-hybridized carbons (Fsp3) is 0.364. The number of rotatable bonds is 6. The van der Waals surface area contributed by atoms with Crippen LogP contribution < -0.4 is 11.1 Å². The Labute approximate surface area is 182 Å².